The average molecular weight is 225 g/mol. The third-order valence-electron chi connectivity index (χ3n) is 2.77. The normalized spacial score (nSPS) is 21.0. The molecule has 1 aliphatic heterocycles. The quantitative estimate of drug-likeness (QED) is 0.793. The predicted molar refractivity (Wildman–Crippen MR) is 64.9 cm³/mol. The molecule has 0 radical (unpaired) electrons. The predicted octanol–water partition coefficient (Wildman–Crippen LogP) is 3.05. The van der Waals surface area contributed by atoms with Gasteiger partial charge < -0.3 is 10.1 Å². The third-order valence-corrected chi connectivity index (χ3v) is 3.87. The molecule has 0 aliphatic carbocycles. The number of thiophene rings is 1. The number of fused-ring (bicyclic) bond motifs is 1. The highest BCUT2D eigenvalue weighted by molar-refractivity contribution is 7.12. The van der Waals surface area contributed by atoms with Crippen LogP contribution >= 0.6 is 11.3 Å². The standard InChI is InChI=1S/C12H19NOS/c1-7(2)11-9(4)15-10-6-13-5-8(3)14-12(10)11/h7-8,13H,5-6H2,1-4H3. The summed E-state index contributed by atoms with van der Waals surface area (Å²) in [5.74, 6) is 1.71. The number of ether oxygens (including phenoxy) is 1. The first-order valence-electron chi connectivity index (χ1n) is 5.59. The summed E-state index contributed by atoms with van der Waals surface area (Å²) in [6.45, 7) is 10.7. The van der Waals surface area contributed by atoms with Crippen LogP contribution in [0.25, 0.3) is 0 Å². The zero-order valence-electron chi connectivity index (χ0n) is 9.89. The molecule has 84 valence electrons. The van der Waals surface area contributed by atoms with Gasteiger partial charge in [0.1, 0.15) is 11.9 Å². The first kappa shape index (κ1) is 11.0. The van der Waals surface area contributed by atoms with Crippen LogP contribution in [0.1, 0.15) is 42.0 Å². The van der Waals surface area contributed by atoms with E-state index in [0.717, 1.165) is 18.8 Å². The summed E-state index contributed by atoms with van der Waals surface area (Å²) in [6.07, 6.45) is 0.276. The van der Waals surface area contributed by atoms with Crippen molar-refractivity contribution in [2.24, 2.45) is 0 Å². The van der Waals surface area contributed by atoms with Crippen molar-refractivity contribution in [3.8, 4) is 5.75 Å². The van der Waals surface area contributed by atoms with Crippen molar-refractivity contribution < 1.29 is 4.74 Å². The molecule has 2 rings (SSSR count). The Bertz CT molecular complexity index is 357. The number of rotatable bonds is 1. The smallest absolute Gasteiger partial charge is 0.138 e. The van der Waals surface area contributed by atoms with Crippen molar-refractivity contribution in [1.82, 2.24) is 5.32 Å². The van der Waals surface area contributed by atoms with Crippen LogP contribution in [0.2, 0.25) is 0 Å². The summed E-state index contributed by atoms with van der Waals surface area (Å²) in [6, 6.07) is 0. The Morgan fingerprint density at radius 2 is 2.20 bits per heavy atom. The van der Waals surface area contributed by atoms with Gasteiger partial charge in [-0.2, -0.15) is 0 Å². The molecule has 2 heterocycles. The Morgan fingerprint density at radius 3 is 2.87 bits per heavy atom. The number of aryl methyl sites for hydroxylation is 1. The lowest BCUT2D eigenvalue weighted by Crippen LogP contribution is -2.25. The van der Waals surface area contributed by atoms with Crippen LogP contribution < -0.4 is 10.1 Å². The molecule has 1 aromatic heterocycles. The third kappa shape index (κ3) is 2.04. The van der Waals surface area contributed by atoms with Crippen molar-refractivity contribution in [3.63, 3.8) is 0 Å². The van der Waals surface area contributed by atoms with Gasteiger partial charge in [-0.15, -0.1) is 11.3 Å². The minimum absolute atomic E-state index is 0.276. The van der Waals surface area contributed by atoms with E-state index in [1.165, 1.54) is 15.3 Å². The van der Waals surface area contributed by atoms with Gasteiger partial charge in [0.25, 0.3) is 0 Å². The first-order chi connectivity index (χ1) is 7.09. The van der Waals surface area contributed by atoms with E-state index in [4.69, 9.17) is 4.74 Å². The topological polar surface area (TPSA) is 21.3 Å². The molecule has 1 aromatic rings. The van der Waals surface area contributed by atoms with Crippen LogP contribution in [-0.2, 0) is 6.54 Å². The van der Waals surface area contributed by atoms with Gasteiger partial charge in [-0.25, -0.2) is 0 Å². The fourth-order valence-corrected chi connectivity index (χ4v) is 3.38. The molecular formula is C12H19NOS. The number of nitrogens with one attached hydrogen (secondary N) is 1. The summed E-state index contributed by atoms with van der Waals surface area (Å²) < 4.78 is 6.02. The molecule has 0 saturated carbocycles. The van der Waals surface area contributed by atoms with Gasteiger partial charge in [0.15, 0.2) is 0 Å². The van der Waals surface area contributed by atoms with Crippen molar-refractivity contribution in [1.29, 1.82) is 0 Å². The molecule has 1 N–H and O–H groups in total. The summed E-state index contributed by atoms with van der Waals surface area (Å²) in [5.41, 5.74) is 1.41. The molecule has 0 amide bonds. The second-order valence-electron chi connectivity index (χ2n) is 4.54. The maximum absolute atomic E-state index is 6.02. The maximum atomic E-state index is 6.02. The molecule has 1 unspecified atom stereocenters. The molecule has 3 heteroatoms. The Labute approximate surface area is 95.6 Å². The molecule has 0 spiro atoms. The van der Waals surface area contributed by atoms with Gasteiger partial charge in [-0.3, -0.25) is 0 Å². The molecule has 0 aromatic carbocycles. The van der Waals surface area contributed by atoms with Gasteiger partial charge in [-0.05, 0) is 19.8 Å². The Hall–Kier alpha value is -0.540. The van der Waals surface area contributed by atoms with Gasteiger partial charge in [0.05, 0.1) is 4.88 Å². The molecule has 0 fully saturated rings. The van der Waals surface area contributed by atoms with Gasteiger partial charge in [0.2, 0.25) is 0 Å². The zero-order valence-corrected chi connectivity index (χ0v) is 10.7. The van der Waals surface area contributed by atoms with Crippen molar-refractivity contribution in [2.45, 2.75) is 46.3 Å². The molecule has 1 aliphatic rings. The van der Waals surface area contributed by atoms with Crippen molar-refractivity contribution >= 4 is 11.3 Å². The lowest BCUT2D eigenvalue weighted by atomic mass is 10.0. The van der Waals surface area contributed by atoms with E-state index in [1.54, 1.807) is 0 Å². The molecule has 15 heavy (non-hydrogen) atoms. The summed E-state index contributed by atoms with van der Waals surface area (Å²) >= 11 is 1.87. The van der Waals surface area contributed by atoms with E-state index in [1.807, 2.05) is 11.3 Å². The van der Waals surface area contributed by atoms with Crippen LogP contribution in [0, 0.1) is 6.92 Å². The van der Waals surface area contributed by atoms with E-state index in [0.29, 0.717) is 5.92 Å². The SMILES string of the molecule is Cc1sc2c(c1C(C)C)OC(C)CNC2. The van der Waals surface area contributed by atoms with Gasteiger partial charge in [0, 0.05) is 23.5 Å². The second kappa shape index (κ2) is 4.14. The van der Waals surface area contributed by atoms with E-state index in [2.05, 4.69) is 33.0 Å². The minimum atomic E-state index is 0.276. The fourth-order valence-electron chi connectivity index (χ4n) is 2.14. The lowest BCUT2D eigenvalue weighted by molar-refractivity contribution is 0.224. The van der Waals surface area contributed by atoms with E-state index < -0.39 is 0 Å². The van der Waals surface area contributed by atoms with Crippen molar-refractivity contribution in [3.05, 3.63) is 15.3 Å². The van der Waals surface area contributed by atoms with Crippen LogP contribution in [0.5, 0.6) is 5.75 Å². The van der Waals surface area contributed by atoms with Crippen molar-refractivity contribution in [2.75, 3.05) is 6.54 Å². The average Bonchev–Trinajstić information content (AvgIpc) is 2.32. The minimum Gasteiger partial charge on any atom is -0.488 e. The van der Waals surface area contributed by atoms with Crippen LogP contribution in [-0.4, -0.2) is 12.6 Å². The van der Waals surface area contributed by atoms with Crippen LogP contribution in [0.15, 0.2) is 0 Å². The zero-order chi connectivity index (χ0) is 11.0. The largest absolute Gasteiger partial charge is 0.488 e. The Balaban J connectivity index is 2.44. The highest BCUT2D eigenvalue weighted by atomic mass is 32.1. The lowest BCUT2D eigenvalue weighted by Gasteiger charge is -2.14. The fraction of sp³-hybridized carbons (Fsp3) is 0.667. The van der Waals surface area contributed by atoms with Crippen LogP contribution in [0.4, 0.5) is 0 Å². The highest BCUT2D eigenvalue weighted by Gasteiger charge is 2.23. The Kier molecular flexibility index (Phi) is 3.03. The summed E-state index contributed by atoms with van der Waals surface area (Å²) in [5, 5.41) is 3.42. The molecule has 0 saturated heterocycles. The highest BCUT2D eigenvalue weighted by Crippen LogP contribution is 2.40. The van der Waals surface area contributed by atoms with E-state index >= 15 is 0 Å². The molecule has 0 bridgehead atoms. The van der Waals surface area contributed by atoms with Gasteiger partial charge >= 0.3 is 0 Å². The maximum Gasteiger partial charge on any atom is 0.138 e. The van der Waals surface area contributed by atoms with E-state index in [-0.39, 0.29) is 6.10 Å². The van der Waals surface area contributed by atoms with E-state index in [9.17, 15) is 0 Å². The first-order valence-corrected chi connectivity index (χ1v) is 6.40. The monoisotopic (exact) mass is 225 g/mol. The second-order valence-corrected chi connectivity index (χ2v) is 5.85. The molecule has 2 nitrogen and oxygen atoms in total. The number of hydrogen-bond donors (Lipinski definition) is 1. The van der Waals surface area contributed by atoms with Gasteiger partial charge in [-0.1, -0.05) is 13.8 Å². The Morgan fingerprint density at radius 1 is 1.47 bits per heavy atom. The molecule has 1 atom stereocenters. The summed E-state index contributed by atoms with van der Waals surface area (Å²) in [7, 11) is 0. The number of hydrogen-bond acceptors (Lipinski definition) is 3. The van der Waals surface area contributed by atoms with Crippen LogP contribution in [0.3, 0.4) is 0 Å². The molecular weight excluding hydrogens is 206 g/mol. The summed E-state index contributed by atoms with van der Waals surface area (Å²) in [4.78, 5) is 2.77.